The van der Waals surface area contributed by atoms with Crippen LogP contribution in [0.5, 0.6) is 0 Å². The highest BCUT2D eigenvalue weighted by Crippen LogP contribution is 2.06. The van der Waals surface area contributed by atoms with Crippen molar-refractivity contribution in [1.29, 1.82) is 0 Å². The van der Waals surface area contributed by atoms with Crippen LogP contribution in [0, 0.1) is 0 Å². The molecular formula is C4H6AlIN2O2. The van der Waals surface area contributed by atoms with Crippen LogP contribution in [0.3, 0.4) is 0 Å². The van der Waals surface area contributed by atoms with Crippen LogP contribution in [0.4, 0.5) is 4.79 Å². The molecule has 1 aliphatic rings. The molecule has 6 heteroatoms. The van der Waals surface area contributed by atoms with Gasteiger partial charge < -0.3 is 3.88 Å². The van der Waals surface area contributed by atoms with Gasteiger partial charge in [-0.15, -0.1) is 0 Å². The number of imide groups is 1. The van der Waals surface area contributed by atoms with Gasteiger partial charge in [-0.2, -0.15) is 20.3 Å². The minimum Gasteiger partial charge on any atom is -0.401 e. The van der Waals surface area contributed by atoms with Crippen LogP contribution in [0.25, 0.3) is 0 Å². The van der Waals surface area contributed by atoms with Crippen molar-refractivity contribution in [2.24, 2.45) is 0 Å². The number of amides is 3. The van der Waals surface area contributed by atoms with Gasteiger partial charge in [0.25, 0.3) is 0 Å². The predicted octanol–water partition coefficient (Wildman–Crippen LogP) is -0.418. The zero-order valence-electron chi connectivity index (χ0n) is 5.50. The zero-order chi connectivity index (χ0) is 7.72. The maximum Gasteiger partial charge on any atom is 0.483 e. The van der Waals surface area contributed by atoms with Crippen LogP contribution < -0.4 is 0 Å². The first-order chi connectivity index (χ1) is 4.66. The van der Waals surface area contributed by atoms with Gasteiger partial charge in [-0.1, -0.05) is 0 Å². The van der Waals surface area contributed by atoms with Gasteiger partial charge >= 0.3 is 18.2 Å². The molecule has 0 atom stereocenters. The number of carbonyl (C=O) groups excluding carboxylic acids is 2. The third-order valence-corrected chi connectivity index (χ3v) is 4.66. The highest BCUT2D eigenvalue weighted by Gasteiger charge is 2.31. The number of likely N-dealkylation sites (N-methyl/N-ethyl adjacent to an activating group) is 1. The highest BCUT2D eigenvalue weighted by atomic mass is 127. The summed E-state index contributed by atoms with van der Waals surface area (Å²) >= 11 is 1.66. The van der Waals surface area contributed by atoms with Gasteiger partial charge in [0.1, 0.15) is 0 Å². The highest BCUT2D eigenvalue weighted by molar-refractivity contribution is 14.1. The molecule has 10 heavy (non-hydrogen) atoms. The Morgan fingerprint density at radius 1 is 1.60 bits per heavy atom. The second-order valence-corrected chi connectivity index (χ2v) is 5.10. The zero-order valence-corrected chi connectivity index (χ0v) is 9.07. The van der Waals surface area contributed by atoms with E-state index in [4.69, 9.17) is 0 Å². The van der Waals surface area contributed by atoms with E-state index in [2.05, 4.69) is 20.3 Å². The Labute approximate surface area is 76.1 Å². The molecule has 0 radical (unpaired) electrons. The second-order valence-electron chi connectivity index (χ2n) is 2.05. The SMILES string of the molecule is CN1C(=O)C[N]([AlH][I])C1=O. The monoisotopic (exact) mass is 268 g/mol. The fourth-order valence-corrected chi connectivity index (χ4v) is 2.94. The summed E-state index contributed by atoms with van der Waals surface area (Å²) in [6, 6.07) is -0.133. The van der Waals surface area contributed by atoms with Crippen LogP contribution in [0.1, 0.15) is 0 Å². The second kappa shape index (κ2) is 3.07. The van der Waals surface area contributed by atoms with E-state index < -0.39 is 12.2 Å². The van der Waals surface area contributed by atoms with Crippen LogP contribution in [0.2, 0.25) is 0 Å². The Morgan fingerprint density at radius 3 is 2.40 bits per heavy atom. The number of nitrogens with zero attached hydrogens (tertiary/aromatic N) is 2. The summed E-state index contributed by atoms with van der Waals surface area (Å²) in [5.41, 5.74) is 0. The minimum atomic E-state index is -0.529. The number of rotatable bonds is 1. The number of hydrogen-bond donors (Lipinski definition) is 0. The Bertz CT molecular complexity index is 186. The van der Waals surface area contributed by atoms with E-state index in [9.17, 15) is 9.59 Å². The van der Waals surface area contributed by atoms with Gasteiger partial charge in [0.2, 0.25) is 5.91 Å². The van der Waals surface area contributed by atoms with Crippen LogP contribution in [0.15, 0.2) is 0 Å². The molecule has 0 aromatic carbocycles. The summed E-state index contributed by atoms with van der Waals surface area (Å²) in [6.07, 6.45) is 0. The van der Waals surface area contributed by atoms with Gasteiger partial charge in [0, 0.05) is 7.05 Å². The van der Waals surface area contributed by atoms with E-state index in [0.29, 0.717) is 6.54 Å². The van der Waals surface area contributed by atoms with Crippen molar-refractivity contribution >= 4 is 44.4 Å². The molecule has 0 unspecified atom stereocenters. The molecule has 0 saturated carbocycles. The molecule has 3 amide bonds. The Morgan fingerprint density at radius 2 is 2.20 bits per heavy atom. The van der Waals surface area contributed by atoms with E-state index in [1.807, 2.05) is 0 Å². The summed E-state index contributed by atoms with van der Waals surface area (Å²) < 4.78 is 1.63. The summed E-state index contributed by atoms with van der Waals surface area (Å²) in [7, 11) is 1.52. The Hall–Kier alpha value is 0.202. The van der Waals surface area contributed by atoms with Crippen molar-refractivity contribution < 1.29 is 9.59 Å². The summed E-state index contributed by atoms with van der Waals surface area (Å²) in [5.74, 6) is -0.0887. The lowest BCUT2D eigenvalue weighted by molar-refractivity contribution is -0.124. The number of urea groups is 1. The van der Waals surface area contributed by atoms with E-state index in [1.165, 1.54) is 11.9 Å². The summed E-state index contributed by atoms with van der Waals surface area (Å²) in [4.78, 5) is 23.0. The van der Waals surface area contributed by atoms with Crippen molar-refractivity contribution in [3.8, 4) is 0 Å². The minimum absolute atomic E-state index is 0.0887. The van der Waals surface area contributed by atoms with Gasteiger partial charge in [-0.25, -0.2) is 0 Å². The molecule has 0 aromatic heterocycles. The lowest BCUT2D eigenvalue weighted by atomic mass is 10.6. The molecule has 4 nitrogen and oxygen atoms in total. The molecule has 54 valence electrons. The molecule has 1 rings (SSSR count). The molecular weight excluding hydrogens is 262 g/mol. The largest absolute Gasteiger partial charge is 0.483 e. The number of halogens is 1. The van der Waals surface area contributed by atoms with E-state index in [-0.39, 0.29) is 11.9 Å². The fraction of sp³-hybridized carbons (Fsp3) is 0.500. The third-order valence-electron chi connectivity index (χ3n) is 1.40. The van der Waals surface area contributed by atoms with Gasteiger partial charge in [-0.05, 0) is 0 Å². The molecule has 0 aromatic rings. The molecule has 0 aliphatic carbocycles. The van der Waals surface area contributed by atoms with E-state index in [1.54, 1.807) is 3.88 Å². The first-order valence-corrected chi connectivity index (χ1v) is 8.52. The average molecular weight is 268 g/mol. The molecule has 1 fully saturated rings. The van der Waals surface area contributed by atoms with Crippen molar-refractivity contribution in [3.63, 3.8) is 0 Å². The maximum atomic E-state index is 11.0. The number of hydrogen-bond acceptors (Lipinski definition) is 2. The predicted molar refractivity (Wildman–Crippen MR) is 46.0 cm³/mol. The molecule has 1 heterocycles. The molecule has 1 aliphatic heterocycles. The van der Waals surface area contributed by atoms with E-state index >= 15 is 0 Å². The summed E-state index contributed by atoms with van der Waals surface area (Å²) in [6.45, 7) is 0.296. The average Bonchev–Trinajstić information content (AvgIpc) is 2.17. The summed E-state index contributed by atoms with van der Waals surface area (Å²) in [5, 5.41) is 0. The van der Waals surface area contributed by atoms with Crippen LogP contribution >= 0.6 is 20.3 Å². The molecule has 0 N–H and O–H groups in total. The van der Waals surface area contributed by atoms with Crippen LogP contribution in [-0.2, 0) is 4.79 Å². The topological polar surface area (TPSA) is 40.6 Å². The van der Waals surface area contributed by atoms with Gasteiger partial charge in [0.05, 0.1) is 6.54 Å². The molecule has 0 spiro atoms. The quantitative estimate of drug-likeness (QED) is 0.368. The lowest BCUT2D eigenvalue weighted by Gasteiger charge is -2.09. The Balaban J connectivity index is 2.71. The smallest absolute Gasteiger partial charge is 0.401 e. The van der Waals surface area contributed by atoms with E-state index in [0.717, 1.165) is 0 Å². The van der Waals surface area contributed by atoms with Gasteiger partial charge in [0.15, 0.2) is 0 Å². The standard InChI is InChI=1S/C4H6N2O2.Al.HI.H/c1-6-3(7)2-5-4(6)8;;;/h2H2,1H3,(H,5,8);;1H;/q;+2;;/p-2. The molecule has 1 saturated heterocycles. The van der Waals surface area contributed by atoms with Crippen molar-refractivity contribution in [2.75, 3.05) is 13.6 Å². The normalized spacial score (nSPS) is 18.6. The fourth-order valence-electron chi connectivity index (χ4n) is 0.749. The first kappa shape index (κ1) is 8.30. The van der Waals surface area contributed by atoms with Crippen LogP contribution in [-0.4, -0.2) is 46.5 Å². The van der Waals surface area contributed by atoms with Crippen molar-refractivity contribution in [2.45, 2.75) is 0 Å². The molecule has 0 bridgehead atoms. The lowest BCUT2D eigenvalue weighted by Crippen LogP contribution is -2.30. The first-order valence-electron chi connectivity index (χ1n) is 2.78. The van der Waals surface area contributed by atoms with Crippen molar-refractivity contribution in [1.82, 2.24) is 8.78 Å². The number of carbonyl (C=O) groups is 2. The third kappa shape index (κ3) is 1.28. The Kier molecular flexibility index (Phi) is 2.55. The van der Waals surface area contributed by atoms with Crippen molar-refractivity contribution in [3.05, 3.63) is 0 Å². The van der Waals surface area contributed by atoms with Gasteiger partial charge in [-0.3, -0.25) is 14.5 Å². The maximum absolute atomic E-state index is 11.0.